The third kappa shape index (κ3) is 4.46. The summed E-state index contributed by atoms with van der Waals surface area (Å²) in [5.74, 6) is 0. The Morgan fingerprint density at radius 2 is 2.00 bits per heavy atom. The Labute approximate surface area is 122 Å². The number of rotatable bonds is 9. The lowest BCUT2D eigenvalue weighted by Gasteiger charge is -2.28. The van der Waals surface area contributed by atoms with Crippen molar-refractivity contribution in [3.8, 4) is 0 Å². The molecule has 1 rings (SSSR count). The molecule has 4 heteroatoms. The van der Waals surface area contributed by atoms with E-state index in [1.165, 1.54) is 28.5 Å². The average Bonchev–Trinajstić information content (AvgIpc) is 2.82. The molecule has 0 aliphatic heterocycles. The minimum atomic E-state index is 0.554. The molecule has 1 aromatic rings. The smallest absolute Gasteiger partial charge is 0.186 e. The fourth-order valence-electron chi connectivity index (χ4n) is 2.14. The van der Waals surface area contributed by atoms with Gasteiger partial charge in [-0.1, -0.05) is 33.6 Å². The van der Waals surface area contributed by atoms with Crippen LogP contribution in [0.25, 0.3) is 0 Å². The number of hydrogen-bond donors (Lipinski definition) is 1. The molecular weight excluding hydrogens is 254 g/mol. The summed E-state index contributed by atoms with van der Waals surface area (Å²) in [6.07, 6.45) is 5.79. The minimum absolute atomic E-state index is 0.554. The molecule has 0 radical (unpaired) electrons. The summed E-state index contributed by atoms with van der Waals surface area (Å²) in [4.78, 5) is 8.59. The predicted molar refractivity (Wildman–Crippen MR) is 86.0 cm³/mol. The van der Waals surface area contributed by atoms with Crippen LogP contribution < -0.4 is 10.6 Å². The van der Waals surface area contributed by atoms with E-state index >= 15 is 0 Å². The third-order valence-electron chi connectivity index (χ3n) is 3.56. The average molecular weight is 283 g/mol. The van der Waals surface area contributed by atoms with Crippen molar-refractivity contribution in [3.63, 3.8) is 0 Å². The van der Waals surface area contributed by atoms with Crippen molar-refractivity contribution in [1.29, 1.82) is 0 Å². The van der Waals surface area contributed by atoms with Crippen LogP contribution in [0.5, 0.6) is 0 Å². The molecule has 0 spiro atoms. The van der Waals surface area contributed by atoms with E-state index in [9.17, 15) is 0 Å². The maximum Gasteiger partial charge on any atom is 0.186 e. The van der Waals surface area contributed by atoms with Crippen LogP contribution in [0.4, 0.5) is 5.13 Å². The van der Waals surface area contributed by atoms with Crippen LogP contribution in [-0.4, -0.2) is 17.6 Å². The van der Waals surface area contributed by atoms with Crippen molar-refractivity contribution in [3.05, 3.63) is 10.6 Å². The molecule has 1 atom stereocenters. The third-order valence-corrected chi connectivity index (χ3v) is 4.72. The summed E-state index contributed by atoms with van der Waals surface area (Å²) < 4.78 is 0. The highest BCUT2D eigenvalue weighted by atomic mass is 32.1. The number of thiazole rings is 1. The quantitative estimate of drug-likeness (QED) is 0.746. The van der Waals surface area contributed by atoms with Gasteiger partial charge in [-0.25, -0.2) is 4.98 Å². The second kappa shape index (κ2) is 8.54. The van der Waals surface area contributed by atoms with Gasteiger partial charge in [0.15, 0.2) is 5.13 Å². The summed E-state index contributed by atoms with van der Waals surface area (Å²) in [7, 11) is 0. The molecule has 3 nitrogen and oxygen atoms in total. The molecule has 0 aliphatic carbocycles. The maximum atomic E-state index is 5.86. The van der Waals surface area contributed by atoms with E-state index in [4.69, 9.17) is 10.7 Å². The first-order valence-corrected chi connectivity index (χ1v) is 8.44. The zero-order valence-corrected chi connectivity index (χ0v) is 13.7. The maximum absolute atomic E-state index is 5.86. The van der Waals surface area contributed by atoms with Crippen LogP contribution in [-0.2, 0) is 13.0 Å². The van der Waals surface area contributed by atoms with Gasteiger partial charge < -0.3 is 10.6 Å². The molecule has 1 heterocycles. The van der Waals surface area contributed by atoms with E-state index < -0.39 is 0 Å². The molecule has 0 aromatic carbocycles. The normalized spacial score (nSPS) is 12.7. The standard InChI is InChI=1S/C15H29N3S/c1-5-8-10-18(12(4)7-3)15-17-13(9-6-2)14(11-16)19-15/h12H,5-11,16H2,1-4H3. The molecule has 110 valence electrons. The number of aromatic nitrogens is 1. The molecule has 0 fully saturated rings. The second-order valence-electron chi connectivity index (χ2n) is 5.12. The van der Waals surface area contributed by atoms with Crippen molar-refractivity contribution in [1.82, 2.24) is 4.98 Å². The Morgan fingerprint density at radius 3 is 2.53 bits per heavy atom. The monoisotopic (exact) mass is 283 g/mol. The Morgan fingerprint density at radius 1 is 1.26 bits per heavy atom. The first kappa shape index (κ1) is 16.4. The lowest BCUT2D eigenvalue weighted by atomic mass is 10.2. The first-order valence-electron chi connectivity index (χ1n) is 7.63. The van der Waals surface area contributed by atoms with Gasteiger partial charge in [-0.3, -0.25) is 0 Å². The van der Waals surface area contributed by atoms with Crippen molar-refractivity contribution in [2.75, 3.05) is 11.4 Å². The van der Waals surface area contributed by atoms with E-state index in [1.54, 1.807) is 11.3 Å². The summed E-state index contributed by atoms with van der Waals surface area (Å²) in [6, 6.07) is 0.554. The van der Waals surface area contributed by atoms with Crippen molar-refractivity contribution >= 4 is 16.5 Å². The Balaban J connectivity index is 2.94. The second-order valence-corrected chi connectivity index (χ2v) is 6.19. The molecule has 0 saturated heterocycles. The van der Waals surface area contributed by atoms with E-state index in [-0.39, 0.29) is 0 Å². The number of anilines is 1. The van der Waals surface area contributed by atoms with Gasteiger partial charge in [-0.2, -0.15) is 0 Å². The molecule has 0 bridgehead atoms. The zero-order valence-electron chi connectivity index (χ0n) is 12.9. The first-order chi connectivity index (χ1) is 9.17. The van der Waals surface area contributed by atoms with Gasteiger partial charge in [0.2, 0.25) is 0 Å². The molecule has 0 amide bonds. The van der Waals surface area contributed by atoms with E-state index in [1.807, 2.05) is 0 Å². The largest absolute Gasteiger partial charge is 0.345 e. The molecule has 19 heavy (non-hydrogen) atoms. The van der Waals surface area contributed by atoms with Gasteiger partial charge in [0.1, 0.15) is 0 Å². The fraction of sp³-hybridized carbons (Fsp3) is 0.800. The fourth-order valence-corrected chi connectivity index (χ4v) is 3.25. The highest BCUT2D eigenvalue weighted by molar-refractivity contribution is 7.15. The summed E-state index contributed by atoms with van der Waals surface area (Å²) >= 11 is 1.79. The summed E-state index contributed by atoms with van der Waals surface area (Å²) in [5, 5.41) is 1.17. The highest BCUT2D eigenvalue weighted by Crippen LogP contribution is 2.29. The number of unbranched alkanes of at least 4 members (excludes halogenated alkanes) is 1. The number of aryl methyl sites for hydroxylation is 1. The molecule has 2 N–H and O–H groups in total. The number of nitrogens with zero attached hydrogens (tertiary/aromatic N) is 2. The van der Waals surface area contributed by atoms with E-state index in [0.29, 0.717) is 12.6 Å². The van der Waals surface area contributed by atoms with Crippen LogP contribution in [0.2, 0.25) is 0 Å². The van der Waals surface area contributed by atoms with Crippen LogP contribution in [0, 0.1) is 0 Å². The minimum Gasteiger partial charge on any atom is -0.345 e. The summed E-state index contributed by atoms with van der Waals surface area (Å²) in [6.45, 7) is 10.7. The molecule has 0 aliphatic rings. The predicted octanol–water partition coefficient (Wildman–Crippen LogP) is 3.96. The van der Waals surface area contributed by atoms with Crippen molar-refractivity contribution in [2.24, 2.45) is 5.73 Å². The molecule has 1 aromatic heterocycles. The van der Waals surface area contributed by atoms with Gasteiger partial charge in [0.25, 0.3) is 0 Å². The van der Waals surface area contributed by atoms with E-state index in [2.05, 4.69) is 32.6 Å². The molecule has 1 unspecified atom stereocenters. The zero-order chi connectivity index (χ0) is 14.3. The lowest BCUT2D eigenvalue weighted by molar-refractivity contribution is 0.593. The number of hydrogen-bond acceptors (Lipinski definition) is 4. The summed E-state index contributed by atoms with van der Waals surface area (Å²) in [5.41, 5.74) is 7.07. The molecular formula is C15H29N3S. The van der Waals surface area contributed by atoms with Crippen molar-refractivity contribution < 1.29 is 0 Å². The van der Waals surface area contributed by atoms with E-state index in [0.717, 1.165) is 25.8 Å². The topological polar surface area (TPSA) is 42.2 Å². The van der Waals surface area contributed by atoms with Crippen molar-refractivity contribution in [2.45, 2.75) is 72.4 Å². The Hall–Kier alpha value is -0.610. The van der Waals surface area contributed by atoms with Gasteiger partial charge in [0, 0.05) is 24.0 Å². The van der Waals surface area contributed by atoms with Crippen LogP contribution in [0.15, 0.2) is 0 Å². The highest BCUT2D eigenvalue weighted by Gasteiger charge is 2.18. The molecule has 0 saturated carbocycles. The van der Waals surface area contributed by atoms with Gasteiger partial charge in [-0.05, 0) is 26.2 Å². The Kier molecular flexibility index (Phi) is 7.39. The van der Waals surface area contributed by atoms with Crippen LogP contribution in [0.3, 0.4) is 0 Å². The lowest BCUT2D eigenvalue weighted by Crippen LogP contribution is -2.33. The van der Waals surface area contributed by atoms with Gasteiger partial charge in [-0.15, -0.1) is 11.3 Å². The van der Waals surface area contributed by atoms with Gasteiger partial charge in [0.05, 0.1) is 5.69 Å². The van der Waals surface area contributed by atoms with Crippen LogP contribution >= 0.6 is 11.3 Å². The SMILES string of the molecule is CCCCN(c1nc(CCC)c(CN)s1)C(C)CC. The number of nitrogens with two attached hydrogens (primary N) is 1. The van der Waals surface area contributed by atoms with Gasteiger partial charge >= 0.3 is 0 Å². The Bertz CT molecular complexity index is 362. The van der Waals surface area contributed by atoms with Crippen LogP contribution in [0.1, 0.15) is 63.9 Å².